The van der Waals surface area contributed by atoms with Crippen molar-refractivity contribution in [1.82, 2.24) is 19.2 Å². The van der Waals surface area contributed by atoms with Crippen LogP contribution in [0.2, 0.25) is 0 Å². The molecule has 176 valence electrons. The highest BCUT2D eigenvalue weighted by molar-refractivity contribution is 9.11. The van der Waals surface area contributed by atoms with E-state index in [4.69, 9.17) is 14.5 Å². The minimum absolute atomic E-state index is 0.0727. The van der Waals surface area contributed by atoms with Crippen LogP contribution in [0.4, 0.5) is 5.82 Å². The lowest BCUT2D eigenvalue weighted by Crippen LogP contribution is -2.18. The van der Waals surface area contributed by atoms with Crippen LogP contribution in [0.1, 0.15) is 24.3 Å². The van der Waals surface area contributed by atoms with Crippen LogP contribution in [0, 0.1) is 0 Å². The fraction of sp³-hybridized carbons (Fsp3) is 0.217. The Morgan fingerprint density at radius 2 is 1.79 bits per heavy atom. The van der Waals surface area contributed by atoms with Crippen LogP contribution >= 0.6 is 31.9 Å². The Hall–Kier alpha value is -3.18. The molecule has 0 spiro atoms. The fourth-order valence-electron chi connectivity index (χ4n) is 3.38. The molecule has 0 radical (unpaired) electrons. The second-order valence-corrected chi connectivity index (χ2v) is 8.82. The number of hydrogen-bond donors (Lipinski definition) is 1. The summed E-state index contributed by atoms with van der Waals surface area (Å²) in [5.74, 6) is -0.458. The third kappa shape index (κ3) is 4.85. The maximum absolute atomic E-state index is 12.8. The van der Waals surface area contributed by atoms with Crippen LogP contribution in [-0.4, -0.2) is 50.9 Å². The lowest BCUT2D eigenvalue weighted by molar-refractivity contribution is -0.140. The molecule has 9 nitrogen and oxygen atoms in total. The molecular weight excluding hydrogens is 570 g/mol. The van der Waals surface area contributed by atoms with E-state index in [1.165, 1.54) is 0 Å². The predicted molar refractivity (Wildman–Crippen MR) is 134 cm³/mol. The van der Waals surface area contributed by atoms with Crippen molar-refractivity contribution in [2.75, 3.05) is 25.1 Å². The van der Waals surface area contributed by atoms with Crippen LogP contribution in [0.3, 0.4) is 0 Å². The van der Waals surface area contributed by atoms with Gasteiger partial charge in [0.15, 0.2) is 11.3 Å². The van der Waals surface area contributed by atoms with E-state index in [1.54, 1.807) is 29.1 Å². The molecule has 34 heavy (non-hydrogen) atoms. The molecule has 0 aliphatic carbocycles. The number of rotatable bonds is 8. The first-order valence-electron chi connectivity index (χ1n) is 10.5. The van der Waals surface area contributed by atoms with Gasteiger partial charge < -0.3 is 14.8 Å². The highest BCUT2D eigenvalue weighted by Gasteiger charge is 2.26. The van der Waals surface area contributed by atoms with E-state index >= 15 is 0 Å². The van der Waals surface area contributed by atoms with Gasteiger partial charge in [-0.2, -0.15) is 5.10 Å². The molecule has 0 fully saturated rings. The molecule has 0 atom stereocenters. The molecule has 3 aromatic heterocycles. The molecule has 1 N–H and O–H groups in total. The maximum atomic E-state index is 12.8. The second kappa shape index (κ2) is 10.4. The number of pyridine rings is 1. The summed E-state index contributed by atoms with van der Waals surface area (Å²) < 4.78 is 15.4. The van der Waals surface area contributed by atoms with Gasteiger partial charge in [0.2, 0.25) is 0 Å². The van der Waals surface area contributed by atoms with Crippen molar-refractivity contribution in [2.24, 2.45) is 0 Å². The van der Waals surface area contributed by atoms with E-state index in [0.29, 0.717) is 22.7 Å². The van der Waals surface area contributed by atoms with Gasteiger partial charge >= 0.3 is 11.9 Å². The van der Waals surface area contributed by atoms with Crippen molar-refractivity contribution in [3.05, 3.63) is 63.4 Å². The zero-order chi connectivity index (χ0) is 24.2. The largest absolute Gasteiger partial charge is 0.465 e. The average molecular weight is 591 g/mol. The first-order valence-corrected chi connectivity index (χ1v) is 12.1. The van der Waals surface area contributed by atoms with Gasteiger partial charge in [-0.05, 0) is 66.2 Å². The van der Waals surface area contributed by atoms with Crippen molar-refractivity contribution < 1.29 is 19.1 Å². The number of benzene rings is 1. The molecule has 4 aromatic rings. The highest BCUT2D eigenvalue weighted by atomic mass is 79.9. The number of halogens is 2. The van der Waals surface area contributed by atoms with Gasteiger partial charge in [-0.15, -0.1) is 0 Å². The van der Waals surface area contributed by atoms with Crippen molar-refractivity contribution in [3.8, 4) is 16.9 Å². The second-order valence-electron chi connectivity index (χ2n) is 7.05. The molecule has 0 amide bonds. The maximum Gasteiger partial charge on any atom is 0.359 e. The minimum atomic E-state index is -0.569. The Morgan fingerprint density at radius 3 is 2.50 bits per heavy atom. The van der Waals surface area contributed by atoms with E-state index < -0.39 is 11.9 Å². The number of carbonyl (C=O) groups is 2. The van der Waals surface area contributed by atoms with E-state index in [2.05, 4.69) is 42.3 Å². The molecule has 4 rings (SSSR count). The molecule has 3 heterocycles. The molecule has 0 aliphatic heterocycles. The van der Waals surface area contributed by atoms with Crippen molar-refractivity contribution >= 4 is 55.3 Å². The quantitative estimate of drug-likeness (QED) is 0.292. The number of anilines is 1. The van der Waals surface area contributed by atoms with Crippen molar-refractivity contribution in [2.45, 2.75) is 13.8 Å². The Bertz CT molecular complexity index is 1350. The van der Waals surface area contributed by atoms with Gasteiger partial charge in [0.05, 0.1) is 28.9 Å². The first-order chi connectivity index (χ1) is 16.4. The normalized spacial score (nSPS) is 10.9. The van der Waals surface area contributed by atoms with E-state index in [1.807, 2.05) is 42.6 Å². The van der Waals surface area contributed by atoms with Gasteiger partial charge in [-0.25, -0.2) is 14.5 Å². The number of hydrogen-bond acceptors (Lipinski definition) is 7. The number of esters is 2. The Balaban J connectivity index is 1.88. The van der Waals surface area contributed by atoms with Crippen LogP contribution in [0.25, 0.3) is 22.6 Å². The molecule has 0 saturated heterocycles. The Labute approximate surface area is 212 Å². The lowest BCUT2D eigenvalue weighted by Gasteiger charge is -2.08. The highest BCUT2D eigenvalue weighted by Crippen LogP contribution is 2.34. The molecule has 1 aromatic carbocycles. The summed E-state index contributed by atoms with van der Waals surface area (Å²) in [6.45, 7) is 3.89. The number of nitrogens with zero attached hydrogens (tertiary/aromatic N) is 4. The van der Waals surface area contributed by atoms with Crippen molar-refractivity contribution in [1.29, 1.82) is 0 Å². The third-order valence-corrected chi connectivity index (χ3v) is 5.98. The van der Waals surface area contributed by atoms with Gasteiger partial charge in [0, 0.05) is 16.9 Å². The van der Waals surface area contributed by atoms with E-state index in [-0.39, 0.29) is 25.5 Å². The summed E-state index contributed by atoms with van der Waals surface area (Å²) in [6.07, 6.45) is 3.54. The predicted octanol–water partition coefficient (Wildman–Crippen LogP) is 4.86. The Morgan fingerprint density at radius 1 is 1.06 bits per heavy atom. The van der Waals surface area contributed by atoms with E-state index in [9.17, 15) is 9.59 Å². The topological polar surface area (TPSA) is 99.8 Å². The summed E-state index contributed by atoms with van der Waals surface area (Å²) in [7, 11) is 0. The number of carbonyl (C=O) groups excluding carboxylic acids is 2. The lowest BCUT2D eigenvalue weighted by atomic mass is 10.2. The Kier molecular flexibility index (Phi) is 7.32. The standard InChI is InChI=1S/C23H21Br2N5O4/c1-3-33-18(31)12-26-22-19(27-21-17(25)6-5-11-29(21)22)16-13-30(15-9-7-14(24)8-10-15)28-20(16)23(32)34-4-2/h5-11,13,26H,3-4,12H2,1-2H3. The third-order valence-electron chi connectivity index (χ3n) is 4.84. The summed E-state index contributed by atoms with van der Waals surface area (Å²) >= 11 is 6.95. The summed E-state index contributed by atoms with van der Waals surface area (Å²) in [6, 6.07) is 11.2. The molecule has 0 saturated carbocycles. The van der Waals surface area contributed by atoms with Gasteiger partial charge in [-0.3, -0.25) is 9.20 Å². The molecule has 0 aliphatic rings. The average Bonchev–Trinajstić information content (AvgIpc) is 3.41. The monoisotopic (exact) mass is 589 g/mol. The number of ether oxygens (including phenoxy) is 2. The van der Waals surface area contributed by atoms with Gasteiger partial charge in [0.25, 0.3) is 0 Å². The zero-order valence-electron chi connectivity index (χ0n) is 18.4. The number of nitrogens with one attached hydrogen (secondary N) is 1. The number of aromatic nitrogens is 4. The first kappa shape index (κ1) is 24.0. The number of imidazole rings is 1. The summed E-state index contributed by atoms with van der Waals surface area (Å²) in [4.78, 5) is 29.6. The SMILES string of the molecule is CCOC(=O)CNc1c(-c2cn(-c3ccc(Br)cc3)nc2C(=O)OCC)nc2c(Br)cccn12. The van der Waals surface area contributed by atoms with Gasteiger partial charge in [0.1, 0.15) is 18.1 Å². The number of fused-ring (bicyclic) bond motifs is 1. The van der Waals surface area contributed by atoms with Crippen LogP contribution in [0.15, 0.2) is 57.7 Å². The molecule has 0 bridgehead atoms. The minimum Gasteiger partial charge on any atom is -0.465 e. The summed E-state index contributed by atoms with van der Waals surface area (Å²) in [5, 5.41) is 7.62. The van der Waals surface area contributed by atoms with Crippen LogP contribution < -0.4 is 5.32 Å². The van der Waals surface area contributed by atoms with Crippen LogP contribution in [-0.2, 0) is 14.3 Å². The molecule has 11 heteroatoms. The van der Waals surface area contributed by atoms with Gasteiger partial charge in [-0.1, -0.05) is 15.9 Å². The summed E-state index contributed by atoms with van der Waals surface area (Å²) in [5.41, 5.74) is 2.38. The van der Waals surface area contributed by atoms with Crippen molar-refractivity contribution in [3.63, 3.8) is 0 Å². The molecule has 0 unspecified atom stereocenters. The van der Waals surface area contributed by atoms with E-state index in [0.717, 1.165) is 14.6 Å². The smallest absolute Gasteiger partial charge is 0.359 e. The zero-order valence-corrected chi connectivity index (χ0v) is 21.6. The molecular formula is C23H21Br2N5O4. The fourth-order valence-corrected chi connectivity index (χ4v) is 4.08. The van der Waals surface area contributed by atoms with Crippen LogP contribution in [0.5, 0.6) is 0 Å².